The van der Waals surface area contributed by atoms with Gasteiger partial charge < -0.3 is 19.9 Å². The van der Waals surface area contributed by atoms with E-state index in [0.717, 1.165) is 49.4 Å². The number of nitrogens with one attached hydrogen (secondary N) is 2. The first kappa shape index (κ1) is 22.6. The molecule has 0 bridgehead atoms. The van der Waals surface area contributed by atoms with Crippen LogP contribution in [0.1, 0.15) is 45.0 Å². The third-order valence-corrected chi connectivity index (χ3v) is 6.46. The number of piperidine rings is 1. The number of thioether (sulfide) groups is 1. The minimum absolute atomic E-state index is 0.0633. The highest BCUT2D eigenvalue weighted by molar-refractivity contribution is 7.99. The molecule has 1 saturated heterocycles. The summed E-state index contributed by atoms with van der Waals surface area (Å²) in [6.45, 7) is 11.0. The molecule has 1 aliphatic heterocycles. The summed E-state index contributed by atoms with van der Waals surface area (Å²) in [5.74, 6) is 1.46. The normalized spacial score (nSPS) is 16.0. The summed E-state index contributed by atoms with van der Waals surface area (Å²) in [4.78, 5) is 34.0. The minimum atomic E-state index is -0.470. The van der Waals surface area contributed by atoms with E-state index in [-0.39, 0.29) is 11.7 Å². The maximum absolute atomic E-state index is 12.3. The maximum Gasteiger partial charge on any atom is 0.407 e. The lowest BCUT2D eigenvalue weighted by Crippen LogP contribution is -2.41. The Hall–Kier alpha value is -2.06. The predicted octanol–water partition coefficient (Wildman–Crippen LogP) is 3.45. The Morgan fingerprint density at radius 3 is 2.77 bits per heavy atom. The first-order valence-corrected chi connectivity index (χ1v) is 11.6. The van der Waals surface area contributed by atoms with Gasteiger partial charge in [0.2, 0.25) is 0 Å². The summed E-state index contributed by atoms with van der Waals surface area (Å²) in [5, 5.41) is 4.02. The number of H-pyrrole nitrogens is 1. The number of carbonyl (C=O) groups excluding carboxylic acids is 1. The van der Waals surface area contributed by atoms with Crippen molar-refractivity contribution in [3.05, 3.63) is 39.9 Å². The van der Waals surface area contributed by atoms with Gasteiger partial charge in [0, 0.05) is 18.3 Å². The number of aryl methyl sites for hydroxylation is 1. The molecule has 2 heterocycles. The molecule has 0 spiro atoms. The molecule has 8 heteroatoms. The fourth-order valence-electron chi connectivity index (χ4n) is 3.55. The van der Waals surface area contributed by atoms with Gasteiger partial charge in [-0.3, -0.25) is 4.79 Å². The van der Waals surface area contributed by atoms with Crippen LogP contribution in [0.25, 0.3) is 10.9 Å². The van der Waals surface area contributed by atoms with E-state index in [1.54, 1.807) is 0 Å². The lowest BCUT2D eigenvalue weighted by molar-refractivity contribution is 0.0521. The van der Waals surface area contributed by atoms with Crippen LogP contribution in [-0.2, 0) is 10.5 Å². The Morgan fingerprint density at radius 1 is 1.33 bits per heavy atom. The number of rotatable bonds is 6. The van der Waals surface area contributed by atoms with E-state index in [9.17, 15) is 9.59 Å². The number of aromatic nitrogens is 2. The number of alkyl carbamates (subject to hydrolysis) is 1. The van der Waals surface area contributed by atoms with Gasteiger partial charge in [0.1, 0.15) is 11.4 Å². The van der Waals surface area contributed by atoms with Crippen LogP contribution in [-0.4, -0.2) is 58.0 Å². The summed E-state index contributed by atoms with van der Waals surface area (Å²) >= 11 is 1.86. The van der Waals surface area contributed by atoms with Crippen LogP contribution < -0.4 is 10.9 Å². The standard InChI is InChI=1S/C22H32N4O3S/c1-15-6-5-7-17-19(15)24-18(25-20(17)27)14-30-16-8-11-26(12-9-16)13-10-23-21(28)29-22(2,3)4/h5-7,16H,8-14H2,1-4H3,(H,23,28)(H,24,25,27). The Labute approximate surface area is 182 Å². The van der Waals surface area contributed by atoms with Crippen molar-refractivity contribution in [1.29, 1.82) is 0 Å². The molecule has 0 atom stereocenters. The highest BCUT2D eigenvalue weighted by atomic mass is 32.2. The van der Waals surface area contributed by atoms with Crippen molar-refractivity contribution in [3.63, 3.8) is 0 Å². The first-order chi connectivity index (χ1) is 14.2. The monoisotopic (exact) mass is 432 g/mol. The molecule has 0 radical (unpaired) electrons. The maximum atomic E-state index is 12.3. The molecule has 1 amide bonds. The number of hydrogen-bond donors (Lipinski definition) is 2. The lowest BCUT2D eigenvalue weighted by atomic mass is 10.1. The van der Waals surface area contributed by atoms with Crippen molar-refractivity contribution < 1.29 is 9.53 Å². The van der Waals surface area contributed by atoms with Gasteiger partial charge in [0.05, 0.1) is 16.7 Å². The van der Waals surface area contributed by atoms with E-state index in [1.807, 2.05) is 57.7 Å². The fraction of sp³-hybridized carbons (Fsp3) is 0.591. The summed E-state index contributed by atoms with van der Waals surface area (Å²) in [6.07, 6.45) is 1.82. The van der Waals surface area contributed by atoms with Gasteiger partial charge in [0.15, 0.2) is 0 Å². The number of ether oxygens (including phenoxy) is 1. The topological polar surface area (TPSA) is 87.3 Å². The van der Waals surface area contributed by atoms with Crippen molar-refractivity contribution in [2.75, 3.05) is 26.2 Å². The predicted molar refractivity (Wildman–Crippen MR) is 122 cm³/mol. The molecule has 3 rings (SSSR count). The molecule has 0 aliphatic carbocycles. The molecule has 30 heavy (non-hydrogen) atoms. The van der Waals surface area contributed by atoms with E-state index in [0.29, 0.717) is 22.9 Å². The molecule has 1 fully saturated rings. The number of para-hydroxylation sites is 1. The average molecular weight is 433 g/mol. The van der Waals surface area contributed by atoms with Crippen LogP contribution in [0.5, 0.6) is 0 Å². The van der Waals surface area contributed by atoms with E-state index < -0.39 is 5.60 Å². The largest absolute Gasteiger partial charge is 0.444 e. The Kier molecular flexibility index (Phi) is 7.41. The van der Waals surface area contributed by atoms with E-state index in [2.05, 4.69) is 20.2 Å². The zero-order valence-electron chi connectivity index (χ0n) is 18.3. The molecular formula is C22H32N4O3S. The molecule has 2 N–H and O–H groups in total. The van der Waals surface area contributed by atoms with E-state index >= 15 is 0 Å². The van der Waals surface area contributed by atoms with Gasteiger partial charge in [-0.2, -0.15) is 11.8 Å². The molecule has 7 nitrogen and oxygen atoms in total. The highest BCUT2D eigenvalue weighted by Gasteiger charge is 2.21. The molecular weight excluding hydrogens is 400 g/mol. The zero-order valence-corrected chi connectivity index (χ0v) is 19.1. The van der Waals surface area contributed by atoms with Gasteiger partial charge in [-0.05, 0) is 65.3 Å². The van der Waals surface area contributed by atoms with Crippen molar-refractivity contribution >= 4 is 28.8 Å². The number of fused-ring (bicyclic) bond motifs is 1. The molecule has 0 saturated carbocycles. The van der Waals surface area contributed by atoms with Crippen LogP contribution >= 0.6 is 11.8 Å². The Balaban J connectivity index is 1.41. The number of amides is 1. The quantitative estimate of drug-likeness (QED) is 0.727. The summed E-state index contributed by atoms with van der Waals surface area (Å²) in [7, 11) is 0. The van der Waals surface area contributed by atoms with Crippen molar-refractivity contribution in [1.82, 2.24) is 20.2 Å². The van der Waals surface area contributed by atoms with Crippen LogP contribution in [0.3, 0.4) is 0 Å². The van der Waals surface area contributed by atoms with Crippen LogP contribution in [0.15, 0.2) is 23.0 Å². The van der Waals surface area contributed by atoms with E-state index in [1.165, 1.54) is 0 Å². The van der Waals surface area contributed by atoms with Gasteiger partial charge in [0.25, 0.3) is 5.56 Å². The molecule has 2 aromatic rings. The van der Waals surface area contributed by atoms with Gasteiger partial charge in [-0.25, -0.2) is 9.78 Å². The number of likely N-dealkylation sites (tertiary alicyclic amines) is 1. The summed E-state index contributed by atoms with van der Waals surface area (Å²) in [6, 6.07) is 5.69. The lowest BCUT2D eigenvalue weighted by Gasteiger charge is -2.31. The molecule has 0 unspecified atom stereocenters. The number of aromatic amines is 1. The average Bonchev–Trinajstić information content (AvgIpc) is 2.67. The van der Waals surface area contributed by atoms with Crippen LogP contribution in [0, 0.1) is 6.92 Å². The fourth-order valence-corrected chi connectivity index (χ4v) is 4.62. The van der Waals surface area contributed by atoms with Gasteiger partial charge in [-0.15, -0.1) is 0 Å². The molecule has 164 valence electrons. The second-order valence-corrected chi connectivity index (χ2v) is 10.1. The number of benzene rings is 1. The molecule has 1 aromatic carbocycles. The van der Waals surface area contributed by atoms with Crippen molar-refractivity contribution in [2.45, 2.75) is 57.1 Å². The first-order valence-electron chi connectivity index (χ1n) is 10.5. The van der Waals surface area contributed by atoms with Crippen molar-refractivity contribution in [2.24, 2.45) is 0 Å². The smallest absolute Gasteiger partial charge is 0.407 e. The number of carbonyl (C=O) groups is 1. The number of nitrogens with zero attached hydrogens (tertiary/aromatic N) is 2. The number of hydrogen-bond acceptors (Lipinski definition) is 6. The third kappa shape index (κ3) is 6.47. The summed E-state index contributed by atoms with van der Waals surface area (Å²) in [5.41, 5.74) is 1.29. The second-order valence-electron chi connectivity index (χ2n) is 8.76. The Morgan fingerprint density at radius 2 is 2.07 bits per heavy atom. The SMILES string of the molecule is Cc1cccc2c(=O)[nH]c(CSC3CCN(CCNC(=O)OC(C)(C)C)CC3)nc12. The summed E-state index contributed by atoms with van der Waals surface area (Å²) < 4.78 is 5.26. The van der Waals surface area contributed by atoms with Gasteiger partial charge in [-0.1, -0.05) is 12.1 Å². The minimum Gasteiger partial charge on any atom is -0.444 e. The molecule has 1 aliphatic rings. The third-order valence-electron chi connectivity index (χ3n) is 5.07. The van der Waals surface area contributed by atoms with Crippen LogP contribution in [0.4, 0.5) is 4.79 Å². The highest BCUT2D eigenvalue weighted by Crippen LogP contribution is 2.26. The van der Waals surface area contributed by atoms with Gasteiger partial charge >= 0.3 is 6.09 Å². The van der Waals surface area contributed by atoms with E-state index in [4.69, 9.17) is 4.74 Å². The second kappa shape index (κ2) is 9.83. The Bertz CT molecular complexity index is 930. The van der Waals surface area contributed by atoms with Crippen LogP contribution in [0.2, 0.25) is 0 Å². The van der Waals surface area contributed by atoms with Crippen molar-refractivity contribution in [3.8, 4) is 0 Å². The molecule has 1 aromatic heterocycles. The zero-order chi connectivity index (χ0) is 21.7.